The molecule has 76 valence electrons. The van der Waals surface area contributed by atoms with Crippen molar-refractivity contribution in [1.82, 2.24) is 4.98 Å². The van der Waals surface area contributed by atoms with Crippen molar-refractivity contribution in [3.05, 3.63) is 58.3 Å². The SMILES string of the molecule is Cc1cc(=O)[nH]cc1-c1ccccc1F. The highest BCUT2D eigenvalue weighted by Gasteiger charge is 2.06. The van der Waals surface area contributed by atoms with Crippen molar-refractivity contribution < 1.29 is 4.39 Å². The summed E-state index contributed by atoms with van der Waals surface area (Å²) in [5.41, 5.74) is 1.82. The topological polar surface area (TPSA) is 32.9 Å². The maximum absolute atomic E-state index is 13.5. The summed E-state index contributed by atoms with van der Waals surface area (Å²) >= 11 is 0. The molecule has 1 aromatic heterocycles. The van der Waals surface area contributed by atoms with Crippen LogP contribution in [0.5, 0.6) is 0 Å². The third-order valence-electron chi connectivity index (χ3n) is 2.30. The van der Waals surface area contributed by atoms with Crippen LogP contribution in [0.4, 0.5) is 4.39 Å². The molecule has 0 unspecified atom stereocenters. The molecule has 1 N–H and O–H groups in total. The average molecular weight is 203 g/mol. The van der Waals surface area contributed by atoms with Gasteiger partial charge in [0.15, 0.2) is 0 Å². The van der Waals surface area contributed by atoms with Gasteiger partial charge in [-0.2, -0.15) is 0 Å². The Kier molecular flexibility index (Phi) is 2.37. The van der Waals surface area contributed by atoms with Gasteiger partial charge < -0.3 is 4.98 Å². The van der Waals surface area contributed by atoms with E-state index < -0.39 is 0 Å². The fraction of sp³-hybridized carbons (Fsp3) is 0.0833. The first-order valence-corrected chi connectivity index (χ1v) is 4.63. The molecule has 0 saturated carbocycles. The van der Waals surface area contributed by atoms with Gasteiger partial charge in [-0.05, 0) is 18.6 Å². The Labute approximate surface area is 86.4 Å². The molecule has 15 heavy (non-hydrogen) atoms. The zero-order valence-electron chi connectivity index (χ0n) is 8.25. The summed E-state index contributed by atoms with van der Waals surface area (Å²) in [6.07, 6.45) is 1.54. The average Bonchev–Trinajstić information content (AvgIpc) is 2.20. The van der Waals surface area contributed by atoms with Gasteiger partial charge in [0.1, 0.15) is 5.82 Å². The number of aromatic nitrogens is 1. The van der Waals surface area contributed by atoms with Crippen molar-refractivity contribution in [1.29, 1.82) is 0 Å². The predicted molar refractivity (Wildman–Crippen MR) is 57.2 cm³/mol. The van der Waals surface area contributed by atoms with E-state index >= 15 is 0 Å². The van der Waals surface area contributed by atoms with Crippen LogP contribution in [-0.2, 0) is 0 Å². The molecule has 0 amide bonds. The van der Waals surface area contributed by atoms with E-state index in [4.69, 9.17) is 0 Å². The number of halogens is 1. The summed E-state index contributed by atoms with van der Waals surface area (Å²) in [5.74, 6) is -0.285. The molecule has 2 rings (SSSR count). The Morgan fingerprint density at radius 1 is 1.20 bits per heavy atom. The van der Waals surface area contributed by atoms with Crippen LogP contribution in [0.15, 0.2) is 41.3 Å². The fourth-order valence-electron chi connectivity index (χ4n) is 1.54. The van der Waals surface area contributed by atoms with Crippen molar-refractivity contribution >= 4 is 0 Å². The van der Waals surface area contributed by atoms with Gasteiger partial charge in [0.05, 0.1) is 0 Å². The number of benzene rings is 1. The van der Waals surface area contributed by atoms with E-state index in [1.165, 1.54) is 18.3 Å². The highest BCUT2D eigenvalue weighted by atomic mass is 19.1. The Balaban J connectivity index is 2.65. The van der Waals surface area contributed by atoms with E-state index in [0.717, 1.165) is 5.56 Å². The van der Waals surface area contributed by atoms with Crippen molar-refractivity contribution in [3.63, 3.8) is 0 Å². The summed E-state index contributed by atoms with van der Waals surface area (Å²) in [5, 5.41) is 0. The lowest BCUT2D eigenvalue weighted by molar-refractivity contribution is 0.631. The zero-order valence-corrected chi connectivity index (χ0v) is 8.25. The molecule has 0 saturated heterocycles. The van der Waals surface area contributed by atoms with Gasteiger partial charge in [-0.1, -0.05) is 18.2 Å². The second-order valence-corrected chi connectivity index (χ2v) is 3.37. The molecular formula is C12H10FNO. The Hall–Kier alpha value is -1.90. The standard InChI is InChI=1S/C12H10FNO/c1-8-6-12(15)14-7-10(8)9-4-2-3-5-11(9)13/h2-7H,1H3,(H,14,15). The van der Waals surface area contributed by atoms with Gasteiger partial charge in [0.25, 0.3) is 0 Å². The first-order chi connectivity index (χ1) is 7.18. The Morgan fingerprint density at radius 2 is 1.93 bits per heavy atom. The largest absolute Gasteiger partial charge is 0.328 e. The summed E-state index contributed by atoms with van der Waals surface area (Å²) in [4.78, 5) is 13.6. The van der Waals surface area contributed by atoms with Gasteiger partial charge in [-0.25, -0.2) is 4.39 Å². The number of hydrogen-bond donors (Lipinski definition) is 1. The van der Waals surface area contributed by atoms with Gasteiger partial charge in [0, 0.05) is 23.4 Å². The second-order valence-electron chi connectivity index (χ2n) is 3.37. The third-order valence-corrected chi connectivity index (χ3v) is 2.30. The third kappa shape index (κ3) is 1.81. The van der Waals surface area contributed by atoms with Crippen LogP contribution in [-0.4, -0.2) is 4.98 Å². The molecule has 0 aliphatic heterocycles. The number of aromatic amines is 1. The van der Waals surface area contributed by atoms with E-state index in [1.54, 1.807) is 25.1 Å². The van der Waals surface area contributed by atoms with Crippen molar-refractivity contribution in [2.75, 3.05) is 0 Å². The van der Waals surface area contributed by atoms with E-state index in [9.17, 15) is 9.18 Å². The number of rotatable bonds is 1. The Morgan fingerprint density at radius 3 is 2.60 bits per heavy atom. The zero-order chi connectivity index (χ0) is 10.8. The number of hydrogen-bond acceptors (Lipinski definition) is 1. The maximum atomic E-state index is 13.5. The minimum Gasteiger partial charge on any atom is -0.328 e. The molecule has 1 heterocycles. The van der Waals surface area contributed by atoms with Crippen LogP contribution in [0.25, 0.3) is 11.1 Å². The molecule has 2 aromatic rings. The molecule has 0 aliphatic rings. The van der Waals surface area contributed by atoms with Gasteiger partial charge in [0.2, 0.25) is 5.56 Å². The van der Waals surface area contributed by atoms with Crippen LogP contribution in [0.1, 0.15) is 5.56 Å². The van der Waals surface area contributed by atoms with Crippen LogP contribution in [0, 0.1) is 12.7 Å². The van der Waals surface area contributed by atoms with Crippen molar-refractivity contribution in [3.8, 4) is 11.1 Å². The summed E-state index contributed by atoms with van der Waals surface area (Å²) in [6, 6.07) is 7.96. The Bertz CT molecular complexity index is 545. The van der Waals surface area contributed by atoms with E-state index in [0.29, 0.717) is 11.1 Å². The highest BCUT2D eigenvalue weighted by molar-refractivity contribution is 5.66. The summed E-state index contributed by atoms with van der Waals surface area (Å²) in [7, 11) is 0. The van der Waals surface area contributed by atoms with Gasteiger partial charge in [-0.15, -0.1) is 0 Å². The summed E-state index contributed by atoms with van der Waals surface area (Å²) in [6.45, 7) is 1.79. The molecule has 3 heteroatoms. The first kappa shape index (κ1) is 9.65. The quantitative estimate of drug-likeness (QED) is 0.758. The summed E-state index contributed by atoms with van der Waals surface area (Å²) < 4.78 is 13.5. The van der Waals surface area contributed by atoms with Crippen LogP contribution in [0.3, 0.4) is 0 Å². The second kappa shape index (κ2) is 3.69. The molecule has 1 aromatic carbocycles. The van der Waals surface area contributed by atoms with E-state index in [2.05, 4.69) is 4.98 Å². The van der Waals surface area contributed by atoms with E-state index in [-0.39, 0.29) is 11.4 Å². The fourth-order valence-corrected chi connectivity index (χ4v) is 1.54. The van der Waals surface area contributed by atoms with Gasteiger partial charge >= 0.3 is 0 Å². The van der Waals surface area contributed by atoms with Gasteiger partial charge in [-0.3, -0.25) is 4.79 Å². The highest BCUT2D eigenvalue weighted by Crippen LogP contribution is 2.23. The van der Waals surface area contributed by atoms with Crippen LogP contribution < -0.4 is 5.56 Å². The smallest absolute Gasteiger partial charge is 0.248 e. The number of nitrogens with one attached hydrogen (secondary N) is 1. The molecule has 0 spiro atoms. The lowest BCUT2D eigenvalue weighted by Gasteiger charge is -2.05. The molecule has 0 fully saturated rings. The lowest BCUT2D eigenvalue weighted by atomic mass is 10.0. The lowest BCUT2D eigenvalue weighted by Crippen LogP contribution is -2.04. The van der Waals surface area contributed by atoms with Crippen molar-refractivity contribution in [2.24, 2.45) is 0 Å². The minimum atomic E-state index is -0.285. The predicted octanol–water partition coefficient (Wildman–Crippen LogP) is 2.49. The molecular weight excluding hydrogens is 193 g/mol. The van der Waals surface area contributed by atoms with Crippen molar-refractivity contribution in [2.45, 2.75) is 6.92 Å². The minimum absolute atomic E-state index is 0.174. The molecule has 0 radical (unpaired) electrons. The van der Waals surface area contributed by atoms with E-state index in [1.807, 2.05) is 0 Å². The number of aryl methyl sites for hydroxylation is 1. The number of H-pyrrole nitrogens is 1. The monoisotopic (exact) mass is 203 g/mol. The molecule has 0 bridgehead atoms. The first-order valence-electron chi connectivity index (χ1n) is 4.63. The maximum Gasteiger partial charge on any atom is 0.248 e. The normalized spacial score (nSPS) is 10.3. The molecule has 0 aliphatic carbocycles. The van der Waals surface area contributed by atoms with Crippen LogP contribution in [0.2, 0.25) is 0 Å². The number of pyridine rings is 1. The molecule has 2 nitrogen and oxygen atoms in total. The van der Waals surface area contributed by atoms with Crippen LogP contribution >= 0.6 is 0 Å². The molecule has 0 atom stereocenters.